The van der Waals surface area contributed by atoms with Crippen molar-refractivity contribution in [3.05, 3.63) is 0 Å². The van der Waals surface area contributed by atoms with Crippen LogP contribution in [0, 0.1) is 11.3 Å². The number of nitriles is 1. The summed E-state index contributed by atoms with van der Waals surface area (Å²) >= 11 is 2.30. The van der Waals surface area contributed by atoms with Crippen LogP contribution in [-0.2, 0) is 8.62 Å². The van der Waals surface area contributed by atoms with Crippen LogP contribution >= 0.6 is 16.3 Å². The van der Waals surface area contributed by atoms with Gasteiger partial charge in [-0.3, -0.25) is 0 Å². The smallest absolute Gasteiger partial charge is 0.372 e. The fourth-order valence-corrected chi connectivity index (χ4v) is 0.0896. The van der Waals surface area contributed by atoms with Gasteiger partial charge in [0.2, 0.25) is 0 Å². The van der Waals surface area contributed by atoms with Crippen LogP contribution in [0.1, 0.15) is 0 Å². The molecule has 0 radical (unpaired) electrons. The summed E-state index contributed by atoms with van der Waals surface area (Å²) in [7, 11) is 0. The Morgan fingerprint density at radius 1 is 2.00 bits per heavy atom. The molecule has 32 valence electrons. The van der Waals surface area contributed by atoms with E-state index >= 15 is 0 Å². The van der Waals surface area contributed by atoms with Gasteiger partial charge in [-0.1, -0.05) is 0 Å². The summed E-state index contributed by atoms with van der Waals surface area (Å²) in [6, 6.07) is 1.21. The third kappa shape index (κ3) is 1.73. The van der Waals surface area contributed by atoms with E-state index in [2.05, 4.69) is 20.1 Å². The van der Waals surface area contributed by atoms with Gasteiger partial charge in [-0.05, 0) is 0 Å². The average molecular weight is 150 g/mol. The van der Waals surface area contributed by atoms with Crippen molar-refractivity contribution in [3.63, 3.8) is 0 Å². The second-order valence-electron chi connectivity index (χ2n) is 0.476. The van der Waals surface area contributed by atoms with Crippen LogP contribution < -0.4 is 0 Å². The predicted octanol–water partition coefficient (Wildman–Crippen LogP) is 0.363. The van der Waals surface area contributed by atoms with Gasteiger partial charge in [-0.15, -0.1) is 0 Å². The molecule has 0 amide bonds. The molecule has 0 spiro atoms. The summed E-state index contributed by atoms with van der Waals surface area (Å²) in [5, 5.41) is 7.58. The molecular weight excluding hydrogens is 150 g/mol. The lowest BCUT2D eigenvalue weighted by molar-refractivity contribution is -0.126. The first-order valence-electron chi connectivity index (χ1n) is 1.04. The molecular formula is C2BrNO2. The Balaban J connectivity index is 3.33. The largest absolute Gasteiger partial charge is 0.422 e. The van der Waals surface area contributed by atoms with E-state index < -0.39 is 5.97 Å². The highest BCUT2D eigenvalue weighted by molar-refractivity contribution is 9.06. The molecule has 0 unspecified atom stereocenters. The summed E-state index contributed by atoms with van der Waals surface area (Å²) in [5.74, 6) is -0.935. The molecule has 0 aliphatic carbocycles. The van der Waals surface area contributed by atoms with Gasteiger partial charge in [-0.25, -0.2) is 4.79 Å². The fraction of sp³-hybridized carbons (Fsp3) is 0. The molecule has 6 heavy (non-hydrogen) atoms. The van der Waals surface area contributed by atoms with Crippen molar-refractivity contribution in [1.29, 1.82) is 5.26 Å². The van der Waals surface area contributed by atoms with Crippen LogP contribution in [0.15, 0.2) is 0 Å². The van der Waals surface area contributed by atoms with Gasteiger partial charge in [0, 0.05) is 0 Å². The molecule has 0 bridgehead atoms. The van der Waals surface area contributed by atoms with Crippen molar-refractivity contribution >= 4 is 22.2 Å². The molecule has 0 rings (SSSR count). The number of nitrogens with zero attached hydrogens (tertiary/aromatic N) is 1. The van der Waals surface area contributed by atoms with E-state index in [1.165, 1.54) is 6.07 Å². The van der Waals surface area contributed by atoms with E-state index in [4.69, 9.17) is 5.26 Å². The normalized spacial score (nSPS) is 6.00. The summed E-state index contributed by atoms with van der Waals surface area (Å²) < 4.78 is 3.71. The lowest BCUT2D eigenvalue weighted by Crippen LogP contribution is -1.86. The minimum Gasteiger partial charge on any atom is -0.372 e. The average Bonchev–Trinajstić information content (AvgIpc) is 1.65. The van der Waals surface area contributed by atoms with Crippen LogP contribution in [0.5, 0.6) is 0 Å². The van der Waals surface area contributed by atoms with Crippen molar-refractivity contribution in [1.82, 2.24) is 0 Å². The maximum Gasteiger partial charge on any atom is 0.422 e. The second kappa shape index (κ2) is 2.67. The van der Waals surface area contributed by atoms with Crippen molar-refractivity contribution in [2.75, 3.05) is 0 Å². The van der Waals surface area contributed by atoms with Crippen LogP contribution in [0.25, 0.3) is 0 Å². The molecule has 0 saturated carbocycles. The summed E-state index contributed by atoms with van der Waals surface area (Å²) in [6.45, 7) is 0. The zero-order valence-electron chi connectivity index (χ0n) is 2.64. The first-order chi connectivity index (χ1) is 2.81. The van der Waals surface area contributed by atoms with Gasteiger partial charge in [-0.2, -0.15) is 5.26 Å². The second-order valence-corrected chi connectivity index (χ2v) is 0.800. The third-order valence-corrected chi connectivity index (χ3v) is 0.455. The van der Waals surface area contributed by atoms with Crippen LogP contribution in [-0.4, -0.2) is 5.97 Å². The molecule has 0 aromatic rings. The lowest BCUT2D eigenvalue weighted by Gasteiger charge is -1.72. The van der Waals surface area contributed by atoms with Gasteiger partial charge in [0.05, 0.1) is 0 Å². The van der Waals surface area contributed by atoms with E-state index in [1.807, 2.05) is 0 Å². The van der Waals surface area contributed by atoms with E-state index in [9.17, 15) is 4.79 Å². The third-order valence-electron chi connectivity index (χ3n) is 0.161. The Labute approximate surface area is 43.0 Å². The van der Waals surface area contributed by atoms with E-state index in [-0.39, 0.29) is 0 Å². The number of carbonyl (C=O) groups excluding carboxylic acids is 1. The maximum atomic E-state index is 9.55. The molecule has 0 heterocycles. The number of hydrogen-bond donors (Lipinski definition) is 0. The van der Waals surface area contributed by atoms with Gasteiger partial charge in [0.1, 0.15) is 0 Å². The van der Waals surface area contributed by atoms with E-state index in [0.29, 0.717) is 0 Å². The minimum absolute atomic E-state index is 0.935. The van der Waals surface area contributed by atoms with Crippen LogP contribution in [0.2, 0.25) is 0 Å². The molecule has 0 aromatic heterocycles. The van der Waals surface area contributed by atoms with Crippen LogP contribution in [0.3, 0.4) is 0 Å². The number of halogens is 1. The standard InChI is InChI=1S/C2BrNO2/c3-6-2(5)1-4. The van der Waals surface area contributed by atoms with Gasteiger partial charge in [0.15, 0.2) is 22.3 Å². The minimum atomic E-state index is -0.935. The lowest BCUT2D eigenvalue weighted by atomic mass is 10.8. The quantitative estimate of drug-likeness (QED) is 0.468. The van der Waals surface area contributed by atoms with Crippen molar-refractivity contribution < 1.29 is 8.62 Å². The van der Waals surface area contributed by atoms with E-state index in [0.717, 1.165) is 0 Å². The van der Waals surface area contributed by atoms with Gasteiger partial charge in [0.25, 0.3) is 0 Å². The molecule has 0 aliphatic heterocycles. The zero-order valence-corrected chi connectivity index (χ0v) is 4.23. The SMILES string of the molecule is N#CC(=O)OBr. The van der Waals surface area contributed by atoms with Gasteiger partial charge >= 0.3 is 5.97 Å². The molecule has 3 nitrogen and oxygen atoms in total. The first-order valence-corrected chi connectivity index (χ1v) is 1.68. The molecule has 0 fully saturated rings. The number of carbonyl (C=O) groups is 1. The summed E-state index contributed by atoms with van der Waals surface area (Å²) in [5.41, 5.74) is 0. The molecule has 0 N–H and O–H groups in total. The van der Waals surface area contributed by atoms with Crippen molar-refractivity contribution in [2.24, 2.45) is 0 Å². The maximum absolute atomic E-state index is 9.55. The molecule has 4 heteroatoms. The fourth-order valence-electron chi connectivity index (χ4n) is 0.0173. The Kier molecular flexibility index (Phi) is 2.42. The number of hydrogen-bond acceptors (Lipinski definition) is 3. The Morgan fingerprint density at radius 3 is 2.50 bits per heavy atom. The highest BCUT2D eigenvalue weighted by Crippen LogP contribution is 1.81. The highest BCUT2D eigenvalue weighted by Gasteiger charge is 1.90. The first kappa shape index (κ1) is 5.44. The van der Waals surface area contributed by atoms with Crippen molar-refractivity contribution in [3.8, 4) is 6.07 Å². The van der Waals surface area contributed by atoms with E-state index in [1.54, 1.807) is 0 Å². The highest BCUT2D eigenvalue weighted by atomic mass is 79.9. The molecule has 0 saturated heterocycles. The molecule has 0 aromatic carbocycles. The predicted molar refractivity (Wildman–Crippen MR) is 20.6 cm³/mol. The number of rotatable bonds is 0. The molecule has 0 atom stereocenters. The Morgan fingerprint density at radius 2 is 2.50 bits per heavy atom. The molecule has 0 aliphatic rings. The Bertz CT molecular complexity index is 94.2. The summed E-state index contributed by atoms with van der Waals surface area (Å²) in [6.07, 6.45) is 0. The van der Waals surface area contributed by atoms with Crippen molar-refractivity contribution in [2.45, 2.75) is 0 Å². The monoisotopic (exact) mass is 149 g/mol. The topological polar surface area (TPSA) is 50.1 Å². The summed E-state index contributed by atoms with van der Waals surface area (Å²) in [4.78, 5) is 9.55. The Hall–Kier alpha value is -0.560. The van der Waals surface area contributed by atoms with Crippen LogP contribution in [0.4, 0.5) is 0 Å². The zero-order chi connectivity index (χ0) is 4.99. The van der Waals surface area contributed by atoms with Gasteiger partial charge < -0.3 is 3.83 Å².